The number of amides is 1. The molecule has 0 aliphatic carbocycles. The van der Waals surface area contributed by atoms with Gasteiger partial charge < -0.3 is 10.4 Å². The molecule has 104 valence electrons. The predicted molar refractivity (Wildman–Crippen MR) is 77.6 cm³/mol. The highest BCUT2D eigenvalue weighted by Crippen LogP contribution is 2.26. The van der Waals surface area contributed by atoms with E-state index in [1.807, 2.05) is 18.2 Å². The summed E-state index contributed by atoms with van der Waals surface area (Å²) in [5, 5.41) is 11.5. The third-order valence-corrected chi connectivity index (χ3v) is 3.58. The minimum absolute atomic E-state index is 0.0112. The summed E-state index contributed by atoms with van der Waals surface area (Å²) >= 11 is 1.21. The van der Waals surface area contributed by atoms with E-state index in [1.165, 1.54) is 11.8 Å². The largest absolute Gasteiger partial charge is 0.481 e. The van der Waals surface area contributed by atoms with Crippen molar-refractivity contribution in [2.75, 3.05) is 11.1 Å². The number of carbonyl (C=O) groups is 2. The first kappa shape index (κ1) is 15.6. The van der Waals surface area contributed by atoms with E-state index in [0.29, 0.717) is 12.1 Å². The van der Waals surface area contributed by atoms with Gasteiger partial charge in [-0.1, -0.05) is 31.9 Å². The van der Waals surface area contributed by atoms with Crippen molar-refractivity contribution in [3.63, 3.8) is 0 Å². The molecule has 0 heterocycles. The average molecular weight is 281 g/mol. The summed E-state index contributed by atoms with van der Waals surface area (Å²) in [5.41, 5.74) is 0.690. The Bertz CT molecular complexity index is 434. The number of aliphatic carboxylic acids is 1. The van der Waals surface area contributed by atoms with Gasteiger partial charge in [-0.25, -0.2) is 0 Å². The van der Waals surface area contributed by atoms with E-state index >= 15 is 0 Å². The number of carbonyl (C=O) groups excluding carboxylic acids is 1. The van der Waals surface area contributed by atoms with Crippen molar-refractivity contribution in [1.82, 2.24) is 0 Å². The molecule has 0 aliphatic rings. The number of nitrogens with one attached hydrogen (secondary N) is 1. The van der Waals surface area contributed by atoms with Crippen LogP contribution in [0.4, 0.5) is 5.69 Å². The second-order valence-corrected chi connectivity index (χ2v) is 5.20. The summed E-state index contributed by atoms with van der Waals surface area (Å²) in [6.07, 6.45) is 3.51. The SMILES string of the molecule is CCCCCC(=O)Nc1ccccc1SCC(=O)O. The summed E-state index contributed by atoms with van der Waals surface area (Å²) in [7, 11) is 0. The zero-order valence-corrected chi connectivity index (χ0v) is 11.8. The Morgan fingerprint density at radius 3 is 2.68 bits per heavy atom. The fraction of sp³-hybridized carbons (Fsp3) is 0.429. The van der Waals surface area contributed by atoms with Gasteiger partial charge in [0.25, 0.3) is 0 Å². The molecular weight excluding hydrogens is 262 g/mol. The van der Waals surface area contributed by atoms with Crippen LogP contribution in [0.25, 0.3) is 0 Å². The number of unbranched alkanes of at least 4 members (excludes halogenated alkanes) is 2. The van der Waals surface area contributed by atoms with Crippen LogP contribution in [0.1, 0.15) is 32.6 Å². The third-order valence-electron chi connectivity index (χ3n) is 2.52. The topological polar surface area (TPSA) is 66.4 Å². The van der Waals surface area contributed by atoms with Crippen LogP contribution in [-0.4, -0.2) is 22.7 Å². The first-order valence-electron chi connectivity index (χ1n) is 6.37. The van der Waals surface area contributed by atoms with Crippen molar-refractivity contribution in [2.45, 2.75) is 37.5 Å². The molecule has 0 fully saturated rings. The molecular formula is C14H19NO3S. The molecule has 0 saturated carbocycles. The molecule has 1 rings (SSSR count). The Kier molecular flexibility index (Phi) is 7.03. The Morgan fingerprint density at radius 1 is 1.26 bits per heavy atom. The molecule has 0 radical (unpaired) electrons. The summed E-state index contributed by atoms with van der Waals surface area (Å²) in [4.78, 5) is 23.1. The maximum Gasteiger partial charge on any atom is 0.313 e. The van der Waals surface area contributed by atoms with E-state index in [2.05, 4.69) is 12.2 Å². The van der Waals surface area contributed by atoms with Gasteiger partial charge in [-0.15, -0.1) is 11.8 Å². The van der Waals surface area contributed by atoms with E-state index in [9.17, 15) is 9.59 Å². The second-order valence-electron chi connectivity index (χ2n) is 4.18. The fourth-order valence-electron chi connectivity index (χ4n) is 1.58. The van der Waals surface area contributed by atoms with E-state index < -0.39 is 5.97 Å². The highest BCUT2D eigenvalue weighted by atomic mass is 32.2. The molecule has 0 spiro atoms. The van der Waals surface area contributed by atoms with Crippen molar-refractivity contribution in [3.05, 3.63) is 24.3 Å². The molecule has 0 unspecified atom stereocenters. The number of benzene rings is 1. The van der Waals surface area contributed by atoms with Gasteiger partial charge in [0.15, 0.2) is 0 Å². The van der Waals surface area contributed by atoms with Crippen LogP contribution in [0.15, 0.2) is 29.2 Å². The summed E-state index contributed by atoms with van der Waals surface area (Å²) in [5.74, 6) is -0.895. The molecule has 4 nitrogen and oxygen atoms in total. The van der Waals surface area contributed by atoms with Crippen LogP contribution < -0.4 is 5.32 Å². The van der Waals surface area contributed by atoms with Crippen molar-refractivity contribution in [1.29, 1.82) is 0 Å². The van der Waals surface area contributed by atoms with Crippen LogP contribution in [0.2, 0.25) is 0 Å². The maximum absolute atomic E-state index is 11.7. The van der Waals surface area contributed by atoms with Crippen LogP contribution in [0, 0.1) is 0 Å². The highest BCUT2D eigenvalue weighted by Gasteiger charge is 2.08. The zero-order chi connectivity index (χ0) is 14.1. The smallest absolute Gasteiger partial charge is 0.313 e. The van der Waals surface area contributed by atoms with E-state index in [1.54, 1.807) is 6.07 Å². The van der Waals surface area contributed by atoms with Crippen LogP contribution in [-0.2, 0) is 9.59 Å². The minimum Gasteiger partial charge on any atom is -0.481 e. The van der Waals surface area contributed by atoms with E-state index in [0.717, 1.165) is 24.2 Å². The summed E-state index contributed by atoms with van der Waals surface area (Å²) in [6, 6.07) is 7.26. The molecule has 19 heavy (non-hydrogen) atoms. The van der Waals surface area contributed by atoms with Crippen molar-refractivity contribution >= 4 is 29.3 Å². The molecule has 1 aromatic rings. The fourth-order valence-corrected chi connectivity index (χ4v) is 2.31. The Labute approximate surface area is 117 Å². The predicted octanol–water partition coefficient (Wildman–Crippen LogP) is 3.38. The number of carboxylic acids is 1. The molecule has 1 amide bonds. The van der Waals surface area contributed by atoms with Gasteiger partial charge in [-0.3, -0.25) is 9.59 Å². The lowest BCUT2D eigenvalue weighted by molar-refractivity contribution is -0.133. The minimum atomic E-state index is -0.867. The number of hydrogen-bond donors (Lipinski definition) is 2. The molecule has 1 aromatic carbocycles. The van der Waals surface area contributed by atoms with Gasteiger partial charge >= 0.3 is 5.97 Å². The first-order chi connectivity index (χ1) is 9.13. The van der Waals surface area contributed by atoms with Crippen molar-refractivity contribution < 1.29 is 14.7 Å². The van der Waals surface area contributed by atoms with E-state index in [-0.39, 0.29) is 11.7 Å². The standard InChI is InChI=1S/C14H19NO3S/c1-2-3-4-9-13(16)15-11-7-5-6-8-12(11)19-10-14(17)18/h5-8H,2-4,9-10H2,1H3,(H,15,16)(H,17,18). The number of anilines is 1. The summed E-state index contributed by atoms with van der Waals surface area (Å²) < 4.78 is 0. The average Bonchev–Trinajstić information content (AvgIpc) is 2.38. The van der Waals surface area contributed by atoms with Crippen molar-refractivity contribution in [3.8, 4) is 0 Å². The van der Waals surface area contributed by atoms with Gasteiger partial charge in [0.05, 0.1) is 11.4 Å². The van der Waals surface area contributed by atoms with Crippen molar-refractivity contribution in [2.24, 2.45) is 0 Å². The normalized spacial score (nSPS) is 10.2. The number of thioether (sulfide) groups is 1. The maximum atomic E-state index is 11.7. The van der Waals surface area contributed by atoms with Crippen LogP contribution >= 0.6 is 11.8 Å². The molecule has 0 atom stereocenters. The zero-order valence-electron chi connectivity index (χ0n) is 11.0. The number of rotatable bonds is 8. The third kappa shape index (κ3) is 6.29. The quantitative estimate of drug-likeness (QED) is 0.566. The number of carboxylic acid groups (broad SMARTS) is 1. The molecule has 5 heteroatoms. The molecule has 0 aliphatic heterocycles. The Balaban J connectivity index is 2.56. The monoisotopic (exact) mass is 281 g/mol. The van der Waals surface area contributed by atoms with Gasteiger partial charge in [0.2, 0.25) is 5.91 Å². The Morgan fingerprint density at radius 2 is 2.00 bits per heavy atom. The molecule has 0 bridgehead atoms. The van der Waals surface area contributed by atoms with Gasteiger partial charge in [0.1, 0.15) is 0 Å². The van der Waals surface area contributed by atoms with E-state index in [4.69, 9.17) is 5.11 Å². The van der Waals surface area contributed by atoms with Crippen LogP contribution in [0.3, 0.4) is 0 Å². The number of hydrogen-bond acceptors (Lipinski definition) is 3. The second kappa shape index (κ2) is 8.58. The van der Waals surface area contributed by atoms with Gasteiger partial charge in [-0.05, 0) is 18.6 Å². The molecule has 0 saturated heterocycles. The lowest BCUT2D eigenvalue weighted by Crippen LogP contribution is -2.12. The molecule has 0 aromatic heterocycles. The van der Waals surface area contributed by atoms with Gasteiger partial charge in [-0.2, -0.15) is 0 Å². The highest BCUT2D eigenvalue weighted by molar-refractivity contribution is 8.00. The lowest BCUT2D eigenvalue weighted by atomic mass is 10.2. The first-order valence-corrected chi connectivity index (χ1v) is 7.35. The Hall–Kier alpha value is -1.49. The van der Waals surface area contributed by atoms with Gasteiger partial charge in [0, 0.05) is 11.3 Å². The number of para-hydroxylation sites is 1. The molecule has 2 N–H and O–H groups in total. The van der Waals surface area contributed by atoms with Crippen LogP contribution in [0.5, 0.6) is 0 Å². The lowest BCUT2D eigenvalue weighted by Gasteiger charge is -2.09. The summed E-state index contributed by atoms with van der Waals surface area (Å²) in [6.45, 7) is 2.09.